The number of carbonyl (C=O) groups is 3. The maximum absolute atomic E-state index is 14.7. The molecule has 2 fully saturated rings. The summed E-state index contributed by atoms with van der Waals surface area (Å²) in [5.41, 5.74) is -7.21. The number of hydrogen-bond donors (Lipinski definition) is 5. The smallest absolute Gasteiger partial charge is 0.369 e. The maximum atomic E-state index is 14.7. The Labute approximate surface area is 346 Å². The summed E-state index contributed by atoms with van der Waals surface area (Å²) in [7, 11) is 0. The summed E-state index contributed by atoms with van der Waals surface area (Å²) in [5, 5.41) is 23.7. The van der Waals surface area contributed by atoms with Gasteiger partial charge < -0.3 is 31.5 Å². The molecule has 1 aliphatic heterocycles. The molecule has 1 aliphatic carbocycles. The second-order valence-electron chi connectivity index (χ2n) is 14.2. The topological polar surface area (TPSA) is 148 Å². The standard InChI is InChI=1S/C27H28F7N5O4.C10H7BrF6O/c28-19-13-17(3-6-20(19)37-23(42)36-15-24(7-8-24)22(35)41)21(40)39-11-9-38(10-12-39)14-16-1-4-18(5-2-16)25(43,26(29,30)31)27(32,33)34;11-5-6-1-3-7(4-2-6)8(18,9(12,13)14)10(15,16)17/h1-6,13,43H,7-12,14-15H2,(H2,35,41)(H2,36,37,42);1-4,18H,5H2. The molecule has 2 aliphatic rings. The molecule has 0 unspecified atom stereocenters. The minimum absolute atomic E-state index is 0.0170. The van der Waals surface area contributed by atoms with E-state index in [-0.39, 0.29) is 42.8 Å². The van der Waals surface area contributed by atoms with Crippen molar-refractivity contribution >= 4 is 39.5 Å². The van der Waals surface area contributed by atoms with E-state index in [0.717, 1.165) is 30.3 Å². The molecule has 0 aromatic heterocycles. The van der Waals surface area contributed by atoms with Crippen LogP contribution in [0.5, 0.6) is 0 Å². The van der Waals surface area contributed by atoms with Crippen LogP contribution in [0.2, 0.25) is 0 Å². The predicted octanol–water partition coefficient (Wildman–Crippen LogP) is 7.38. The Bertz CT molecular complexity index is 2000. The van der Waals surface area contributed by atoms with E-state index >= 15 is 0 Å². The SMILES string of the molecule is NC(=O)C1(CNC(=O)Nc2ccc(C(=O)N3CCN(Cc4ccc(C(O)(C(F)(F)F)C(F)(F)F)cc4)CC3)cc2F)CC1.OC(c1ccc(CBr)cc1)(C(F)(F)F)C(F)(F)F. The Kier molecular flexibility index (Phi) is 14.4. The van der Waals surface area contributed by atoms with Crippen molar-refractivity contribution in [3.63, 3.8) is 0 Å². The number of anilines is 1. The molecular formula is C37H35BrF13N5O5. The summed E-state index contributed by atoms with van der Waals surface area (Å²) in [5.74, 6) is -1.86. The van der Waals surface area contributed by atoms with Gasteiger partial charge in [0.2, 0.25) is 5.91 Å². The van der Waals surface area contributed by atoms with Crippen LogP contribution in [0.1, 0.15) is 45.5 Å². The van der Waals surface area contributed by atoms with Crippen molar-refractivity contribution in [3.05, 3.63) is 100 Å². The fraction of sp³-hybridized carbons (Fsp3) is 0.432. The highest BCUT2D eigenvalue weighted by Crippen LogP contribution is 2.51. The lowest BCUT2D eigenvalue weighted by Gasteiger charge is -2.35. The van der Waals surface area contributed by atoms with Crippen molar-refractivity contribution in [1.82, 2.24) is 15.1 Å². The molecule has 5 rings (SSSR count). The van der Waals surface area contributed by atoms with Crippen molar-refractivity contribution in [2.45, 2.75) is 60.6 Å². The Morgan fingerprint density at radius 3 is 1.51 bits per heavy atom. The molecule has 0 spiro atoms. The molecule has 336 valence electrons. The average molecular weight is 957 g/mol. The van der Waals surface area contributed by atoms with E-state index in [1.807, 2.05) is 4.90 Å². The number of carbonyl (C=O) groups excluding carboxylic acids is 3. The molecule has 3 aromatic rings. The summed E-state index contributed by atoms with van der Waals surface area (Å²) < 4.78 is 168. The second kappa shape index (κ2) is 18.0. The monoisotopic (exact) mass is 955 g/mol. The summed E-state index contributed by atoms with van der Waals surface area (Å²) >= 11 is 3.00. The number of nitrogens with two attached hydrogens (primary N) is 1. The Balaban J connectivity index is 0.000000381. The molecule has 24 heteroatoms. The van der Waals surface area contributed by atoms with E-state index in [1.165, 1.54) is 17.0 Å². The van der Waals surface area contributed by atoms with Gasteiger partial charge in [-0.3, -0.25) is 14.5 Å². The first-order valence-electron chi connectivity index (χ1n) is 17.6. The quantitative estimate of drug-likeness (QED) is 0.106. The number of alkyl halides is 13. The van der Waals surface area contributed by atoms with Crippen LogP contribution in [0.3, 0.4) is 0 Å². The van der Waals surface area contributed by atoms with Crippen molar-refractivity contribution in [2.24, 2.45) is 11.1 Å². The van der Waals surface area contributed by atoms with E-state index in [2.05, 4.69) is 26.6 Å². The van der Waals surface area contributed by atoms with Crippen LogP contribution >= 0.6 is 15.9 Å². The third kappa shape index (κ3) is 10.7. The predicted molar refractivity (Wildman–Crippen MR) is 193 cm³/mol. The van der Waals surface area contributed by atoms with Gasteiger partial charge in [-0.05, 0) is 42.2 Å². The Hall–Kier alpha value is -4.68. The number of nitrogens with zero attached hydrogens (tertiary/aromatic N) is 2. The number of urea groups is 1. The van der Waals surface area contributed by atoms with Crippen LogP contribution in [0, 0.1) is 11.2 Å². The van der Waals surface area contributed by atoms with Crippen molar-refractivity contribution in [3.8, 4) is 0 Å². The van der Waals surface area contributed by atoms with Crippen LogP contribution in [-0.2, 0) is 27.9 Å². The highest BCUT2D eigenvalue weighted by atomic mass is 79.9. The van der Waals surface area contributed by atoms with Crippen LogP contribution in [0.15, 0.2) is 66.7 Å². The van der Waals surface area contributed by atoms with Gasteiger partial charge in [-0.25, -0.2) is 9.18 Å². The lowest BCUT2D eigenvalue weighted by molar-refractivity contribution is -0.376. The van der Waals surface area contributed by atoms with Crippen molar-refractivity contribution in [1.29, 1.82) is 0 Å². The minimum Gasteiger partial charge on any atom is -0.369 e. The van der Waals surface area contributed by atoms with Gasteiger partial charge >= 0.3 is 30.7 Å². The Morgan fingerprint density at radius 2 is 1.13 bits per heavy atom. The summed E-state index contributed by atoms with van der Waals surface area (Å²) in [6, 6.07) is 9.45. The first-order chi connectivity index (χ1) is 28.0. The Morgan fingerprint density at radius 1 is 0.689 bits per heavy atom. The number of piperazine rings is 1. The van der Waals surface area contributed by atoms with Crippen LogP contribution in [0.25, 0.3) is 0 Å². The van der Waals surface area contributed by atoms with Crippen molar-refractivity contribution < 1.29 is 81.7 Å². The summed E-state index contributed by atoms with van der Waals surface area (Å²) in [6.45, 7) is 1.24. The van der Waals surface area contributed by atoms with Crippen LogP contribution < -0.4 is 16.4 Å². The molecule has 0 bridgehead atoms. The largest absolute Gasteiger partial charge is 0.430 e. The number of nitrogens with one attached hydrogen (secondary N) is 2. The molecule has 10 nitrogen and oxygen atoms in total. The number of primary amides is 1. The third-order valence-electron chi connectivity index (χ3n) is 10.0. The van der Waals surface area contributed by atoms with Gasteiger partial charge in [-0.1, -0.05) is 64.5 Å². The third-order valence-corrected chi connectivity index (χ3v) is 10.7. The lowest BCUT2D eigenvalue weighted by Crippen LogP contribution is -2.53. The maximum Gasteiger partial charge on any atom is 0.430 e. The number of benzene rings is 3. The van der Waals surface area contributed by atoms with Gasteiger partial charge in [0.15, 0.2) is 0 Å². The average Bonchev–Trinajstić information content (AvgIpc) is 3.98. The molecule has 4 amide bonds. The molecule has 0 atom stereocenters. The molecule has 1 saturated carbocycles. The number of aliphatic hydroxyl groups is 2. The van der Waals surface area contributed by atoms with E-state index in [4.69, 9.17) is 10.8 Å². The fourth-order valence-corrected chi connectivity index (χ4v) is 6.41. The fourth-order valence-electron chi connectivity index (χ4n) is 6.04. The van der Waals surface area contributed by atoms with Gasteiger partial charge in [0, 0.05) is 61.3 Å². The highest BCUT2D eigenvalue weighted by molar-refractivity contribution is 9.08. The highest BCUT2D eigenvalue weighted by Gasteiger charge is 2.72. The number of rotatable bonds is 10. The van der Waals surface area contributed by atoms with Gasteiger partial charge in [0.05, 0.1) is 11.1 Å². The second-order valence-corrected chi connectivity index (χ2v) is 14.7. The molecule has 61 heavy (non-hydrogen) atoms. The van der Waals surface area contributed by atoms with Crippen LogP contribution in [0.4, 0.5) is 67.6 Å². The van der Waals surface area contributed by atoms with E-state index < -0.39 is 76.1 Å². The molecular weight excluding hydrogens is 921 g/mol. The van der Waals surface area contributed by atoms with Crippen molar-refractivity contribution in [2.75, 3.05) is 38.0 Å². The zero-order valence-corrected chi connectivity index (χ0v) is 32.7. The first kappa shape index (κ1) is 49.0. The van der Waals surface area contributed by atoms with Crippen LogP contribution in [-0.4, -0.2) is 95.3 Å². The van der Waals surface area contributed by atoms with Gasteiger partial charge in [-0.15, -0.1) is 0 Å². The molecule has 1 heterocycles. The van der Waals surface area contributed by atoms with E-state index in [1.54, 1.807) is 0 Å². The molecule has 1 saturated heterocycles. The zero-order valence-electron chi connectivity index (χ0n) is 31.1. The number of amides is 4. The minimum atomic E-state index is -5.98. The zero-order chi connectivity index (χ0) is 46.0. The number of hydrogen-bond acceptors (Lipinski definition) is 6. The molecule has 6 N–H and O–H groups in total. The lowest BCUT2D eigenvalue weighted by atomic mass is 9.91. The number of halogens is 14. The summed E-state index contributed by atoms with van der Waals surface area (Å²) in [4.78, 5) is 39.7. The molecule has 3 aromatic carbocycles. The van der Waals surface area contributed by atoms with Gasteiger partial charge in [-0.2, -0.15) is 52.7 Å². The first-order valence-corrected chi connectivity index (χ1v) is 18.8. The molecule has 0 radical (unpaired) electrons. The van der Waals surface area contributed by atoms with E-state index in [0.29, 0.717) is 61.3 Å². The van der Waals surface area contributed by atoms with E-state index in [9.17, 15) is 76.6 Å². The van der Waals surface area contributed by atoms with Gasteiger partial charge in [0.1, 0.15) is 5.82 Å². The van der Waals surface area contributed by atoms with Gasteiger partial charge in [0.25, 0.3) is 17.1 Å². The summed E-state index contributed by atoms with van der Waals surface area (Å²) in [6.07, 6.45) is -22.5. The normalized spacial score (nSPS) is 16.3.